The van der Waals surface area contributed by atoms with Crippen LogP contribution in [0.3, 0.4) is 0 Å². The molecule has 1 atom stereocenters. The molecule has 0 aromatic carbocycles. The normalized spacial score (nSPS) is 13.2. The van der Waals surface area contributed by atoms with Gasteiger partial charge in [-0.1, -0.05) is 37.0 Å². The van der Waals surface area contributed by atoms with E-state index in [1.807, 2.05) is 27.8 Å². The molecule has 7 heteroatoms. The number of aliphatic hydroxyl groups excluding tert-OH is 1. The van der Waals surface area contributed by atoms with Crippen molar-refractivity contribution < 1.29 is 5.11 Å². The van der Waals surface area contributed by atoms with E-state index in [1.165, 1.54) is 0 Å². The first-order valence-electron chi connectivity index (χ1n) is 6.82. The molecule has 1 N–H and O–H groups in total. The summed E-state index contributed by atoms with van der Waals surface area (Å²) in [6.45, 7) is 5.89. The zero-order valence-corrected chi connectivity index (χ0v) is 14.4. The van der Waals surface area contributed by atoms with E-state index in [0.717, 1.165) is 17.1 Å². The van der Waals surface area contributed by atoms with E-state index in [2.05, 4.69) is 10.2 Å². The SMILES string of the molecule is Cc1nn(C)c(CC(O)c2c(C(C)C)nn(C)c2Cl)c1Cl. The maximum absolute atomic E-state index is 10.6. The van der Waals surface area contributed by atoms with Gasteiger partial charge in [0, 0.05) is 26.1 Å². The first kappa shape index (κ1) is 16.3. The average molecular weight is 331 g/mol. The average Bonchev–Trinajstić information content (AvgIpc) is 2.82. The molecule has 0 spiro atoms. The molecule has 0 aliphatic heterocycles. The van der Waals surface area contributed by atoms with Crippen LogP contribution in [0.15, 0.2) is 0 Å². The molecule has 21 heavy (non-hydrogen) atoms. The van der Waals surface area contributed by atoms with Crippen molar-refractivity contribution in [3.05, 3.63) is 32.8 Å². The van der Waals surface area contributed by atoms with Crippen molar-refractivity contribution in [2.75, 3.05) is 0 Å². The van der Waals surface area contributed by atoms with E-state index >= 15 is 0 Å². The Morgan fingerprint density at radius 1 is 1.14 bits per heavy atom. The summed E-state index contributed by atoms with van der Waals surface area (Å²) in [6.07, 6.45) is -0.419. The molecule has 5 nitrogen and oxygen atoms in total. The van der Waals surface area contributed by atoms with Crippen LogP contribution >= 0.6 is 23.2 Å². The Kier molecular flexibility index (Phi) is 4.66. The van der Waals surface area contributed by atoms with Gasteiger partial charge in [-0.05, 0) is 12.8 Å². The fourth-order valence-corrected chi connectivity index (χ4v) is 2.96. The number of rotatable bonds is 4. The molecule has 0 radical (unpaired) electrons. The molecule has 0 aliphatic carbocycles. The summed E-state index contributed by atoms with van der Waals surface area (Å²) in [5.41, 5.74) is 3.02. The van der Waals surface area contributed by atoms with Gasteiger partial charge < -0.3 is 5.11 Å². The van der Waals surface area contributed by atoms with Gasteiger partial charge in [-0.2, -0.15) is 10.2 Å². The lowest BCUT2D eigenvalue weighted by Gasteiger charge is -2.13. The van der Waals surface area contributed by atoms with Crippen molar-refractivity contribution >= 4 is 23.2 Å². The highest BCUT2D eigenvalue weighted by Crippen LogP contribution is 2.34. The number of aromatic nitrogens is 4. The summed E-state index contributed by atoms with van der Waals surface area (Å²) in [6, 6.07) is 0. The number of hydrogen-bond acceptors (Lipinski definition) is 3. The van der Waals surface area contributed by atoms with Crippen LogP contribution in [0.4, 0.5) is 0 Å². The molecule has 1 unspecified atom stereocenters. The number of hydrogen-bond donors (Lipinski definition) is 1. The fraction of sp³-hybridized carbons (Fsp3) is 0.571. The van der Waals surface area contributed by atoms with Gasteiger partial charge in [-0.25, -0.2) is 0 Å². The predicted octanol–water partition coefficient (Wildman–Crippen LogP) is 3.17. The molecular formula is C14H20Cl2N4O. The quantitative estimate of drug-likeness (QED) is 0.936. The van der Waals surface area contributed by atoms with Crippen LogP contribution in [0, 0.1) is 6.92 Å². The fourth-order valence-electron chi connectivity index (χ4n) is 2.46. The molecule has 0 fully saturated rings. The second-order valence-electron chi connectivity index (χ2n) is 5.56. The van der Waals surface area contributed by atoms with Crippen molar-refractivity contribution in [3.63, 3.8) is 0 Å². The topological polar surface area (TPSA) is 55.9 Å². The van der Waals surface area contributed by atoms with Crippen LogP contribution in [-0.4, -0.2) is 24.7 Å². The van der Waals surface area contributed by atoms with Gasteiger partial charge in [0.1, 0.15) is 5.15 Å². The Balaban J connectivity index is 2.39. The molecule has 116 valence electrons. The number of aryl methyl sites for hydroxylation is 3. The highest BCUT2D eigenvalue weighted by atomic mass is 35.5. The summed E-state index contributed by atoms with van der Waals surface area (Å²) in [5.74, 6) is 0.178. The highest BCUT2D eigenvalue weighted by molar-refractivity contribution is 6.32. The van der Waals surface area contributed by atoms with Crippen LogP contribution in [0.5, 0.6) is 0 Å². The monoisotopic (exact) mass is 330 g/mol. The van der Waals surface area contributed by atoms with Crippen LogP contribution in [0.25, 0.3) is 0 Å². The highest BCUT2D eigenvalue weighted by Gasteiger charge is 2.25. The first-order chi connectivity index (χ1) is 9.73. The Labute approximate surface area is 134 Å². The smallest absolute Gasteiger partial charge is 0.132 e. The van der Waals surface area contributed by atoms with Gasteiger partial charge in [-0.3, -0.25) is 9.36 Å². The number of nitrogens with zero attached hydrogens (tertiary/aromatic N) is 4. The minimum atomic E-state index is -0.768. The summed E-state index contributed by atoms with van der Waals surface area (Å²) in [5, 5.41) is 20.3. The van der Waals surface area contributed by atoms with E-state index < -0.39 is 6.10 Å². The van der Waals surface area contributed by atoms with E-state index in [9.17, 15) is 5.11 Å². The van der Waals surface area contributed by atoms with Gasteiger partial charge in [0.15, 0.2) is 0 Å². The zero-order chi connectivity index (χ0) is 15.9. The van der Waals surface area contributed by atoms with Gasteiger partial charge in [0.05, 0.1) is 28.2 Å². The summed E-state index contributed by atoms with van der Waals surface area (Å²) < 4.78 is 3.28. The molecule has 0 saturated heterocycles. The lowest BCUT2D eigenvalue weighted by atomic mass is 9.99. The van der Waals surface area contributed by atoms with Crippen LogP contribution in [0.2, 0.25) is 10.2 Å². The lowest BCUT2D eigenvalue weighted by Crippen LogP contribution is -2.09. The third kappa shape index (κ3) is 2.96. The Hall–Kier alpha value is -1.04. The van der Waals surface area contributed by atoms with E-state index in [1.54, 1.807) is 16.4 Å². The van der Waals surface area contributed by atoms with Crippen LogP contribution in [-0.2, 0) is 20.5 Å². The van der Waals surface area contributed by atoms with Crippen LogP contribution in [0.1, 0.15) is 48.5 Å². The van der Waals surface area contributed by atoms with Gasteiger partial charge in [0.2, 0.25) is 0 Å². The Bertz CT molecular complexity index is 660. The van der Waals surface area contributed by atoms with Gasteiger partial charge in [0.25, 0.3) is 0 Å². The Morgan fingerprint density at radius 3 is 2.24 bits per heavy atom. The molecule has 2 aromatic heterocycles. The molecule has 0 bridgehead atoms. The zero-order valence-electron chi connectivity index (χ0n) is 12.9. The standard InChI is InChI=1S/C14H20Cl2N4O/c1-7(2)13-11(14(16)20(5)18-13)10(21)6-9-12(15)8(3)17-19(9)4/h7,10,21H,6H2,1-5H3. The van der Waals surface area contributed by atoms with Crippen LogP contribution < -0.4 is 0 Å². The van der Waals surface area contributed by atoms with Gasteiger partial charge in [-0.15, -0.1) is 0 Å². The number of aliphatic hydroxyl groups is 1. The maximum atomic E-state index is 10.6. The summed E-state index contributed by atoms with van der Waals surface area (Å²) in [4.78, 5) is 0. The van der Waals surface area contributed by atoms with E-state index in [0.29, 0.717) is 22.2 Å². The maximum Gasteiger partial charge on any atom is 0.132 e. The van der Waals surface area contributed by atoms with E-state index in [-0.39, 0.29) is 5.92 Å². The first-order valence-corrected chi connectivity index (χ1v) is 7.57. The minimum absolute atomic E-state index is 0.178. The minimum Gasteiger partial charge on any atom is -0.388 e. The lowest BCUT2D eigenvalue weighted by molar-refractivity contribution is 0.174. The largest absolute Gasteiger partial charge is 0.388 e. The molecule has 0 aliphatic rings. The van der Waals surface area contributed by atoms with E-state index in [4.69, 9.17) is 23.2 Å². The van der Waals surface area contributed by atoms with Crippen molar-refractivity contribution in [3.8, 4) is 0 Å². The van der Waals surface area contributed by atoms with Crippen molar-refractivity contribution in [1.29, 1.82) is 0 Å². The predicted molar refractivity (Wildman–Crippen MR) is 83.9 cm³/mol. The molecule has 2 rings (SSSR count). The molecule has 2 aromatic rings. The van der Waals surface area contributed by atoms with Crippen molar-refractivity contribution in [2.45, 2.75) is 39.2 Å². The third-order valence-corrected chi connectivity index (χ3v) is 4.51. The molecule has 2 heterocycles. The molecule has 0 saturated carbocycles. The summed E-state index contributed by atoms with van der Waals surface area (Å²) in [7, 11) is 3.58. The van der Waals surface area contributed by atoms with Crippen molar-refractivity contribution in [1.82, 2.24) is 19.6 Å². The third-order valence-electron chi connectivity index (χ3n) is 3.57. The van der Waals surface area contributed by atoms with Crippen molar-refractivity contribution in [2.24, 2.45) is 14.1 Å². The second-order valence-corrected chi connectivity index (χ2v) is 6.29. The second kappa shape index (κ2) is 5.99. The Morgan fingerprint density at radius 2 is 1.76 bits per heavy atom. The molecular weight excluding hydrogens is 311 g/mol. The summed E-state index contributed by atoms with van der Waals surface area (Å²) >= 11 is 12.5. The number of halogens is 2. The molecule has 0 amide bonds. The van der Waals surface area contributed by atoms with Gasteiger partial charge >= 0.3 is 0 Å².